The second-order valence-electron chi connectivity index (χ2n) is 12.1. The monoisotopic (exact) mass is 629 g/mol. The molecule has 230 valence electrons. The summed E-state index contributed by atoms with van der Waals surface area (Å²) in [5, 5.41) is 9.86. The summed E-state index contributed by atoms with van der Waals surface area (Å²) in [6.07, 6.45) is 7.14. The van der Waals surface area contributed by atoms with Crippen molar-refractivity contribution in [3.8, 4) is 39.8 Å². The van der Waals surface area contributed by atoms with Crippen molar-refractivity contribution < 1.29 is 0 Å². The van der Waals surface area contributed by atoms with Crippen molar-refractivity contribution in [2.75, 3.05) is 0 Å². The molecule has 10 rings (SSSR count). The van der Waals surface area contributed by atoms with Gasteiger partial charge in [0, 0.05) is 68.8 Å². The predicted octanol–water partition coefficient (Wildman–Crippen LogP) is 9.59. The van der Waals surface area contributed by atoms with E-state index in [1.54, 1.807) is 18.6 Å². The maximum absolute atomic E-state index is 5.02. The Hall–Kier alpha value is -6.86. The fraction of sp³-hybridized carbons (Fsp3) is 0. The minimum atomic E-state index is 0.603. The van der Waals surface area contributed by atoms with E-state index >= 15 is 0 Å². The Labute approximate surface area is 281 Å². The number of benzene rings is 5. The van der Waals surface area contributed by atoms with Gasteiger partial charge >= 0.3 is 0 Å². The maximum Gasteiger partial charge on any atom is 0.183 e. The van der Waals surface area contributed by atoms with E-state index in [0.29, 0.717) is 11.6 Å². The normalized spacial score (nSPS) is 11.7. The van der Waals surface area contributed by atoms with E-state index in [2.05, 4.69) is 134 Å². The molecule has 0 fully saturated rings. The van der Waals surface area contributed by atoms with Crippen LogP contribution in [-0.4, -0.2) is 33.9 Å². The van der Waals surface area contributed by atoms with Gasteiger partial charge in [-0.3, -0.25) is 9.97 Å². The van der Waals surface area contributed by atoms with Crippen LogP contribution in [0, 0.1) is 0 Å². The van der Waals surface area contributed by atoms with Crippen molar-refractivity contribution in [1.82, 2.24) is 33.9 Å². The van der Waals surface area contributed by atoms with Gasteiger partial charge in [-0.1, -0.05) is 66.7 Å². The molecule has 49 heavy (non-hydrogen) atoms. The Morgan fingerprint density at radius 2 is 0.959 bits per heavy atom. The van der Waals surface area contributed by atoms with Crippen LogP contribution in [0.5, 0.6) is 0 Å². The Bertz CT molecular complexity index is 2770. The number of hydrogen-bond donors (Lipinski definition) is 0. The molecule has 0 aliphatic carbocycles. The summed E-state index contributed by atoms with van der Waals surface area (Å²) in [7, 11) is 0. The molecule has 0 aliphatic rings. The molecule has 5 aromatic carbocycles. The molecule has 0 atom stereocenters. The second kappa shape index (κ2) is 10.9. The third-order valence-electron chi connectivity index (χ3n) is 9.27. The number of aromatic nitrogens is 7. The number of hydrogen-bond acceptors (Lipinski definition) is 4. The predicted molar refractivity (Wildman–Crippen MR) is 196 cm³/mol. The first-order valence-electron chi connectivity index (χ1n) is 16.2. The molecule has 0 saturated heterocycles. The highest BCUT2D eigenvalue weighted by molar-refractivity contribution is 6.11. The van der Waals surface area contributed by atoms with Crippen LogP contribution in [0.25, 0.3) is 83.4 Å². The topological polar surface area (TPSA) is 66.3 Å². The molecule has 5 heterocycles. The van der Waals surface area contributed by atoms with Crippen LogP contribution in [0.1, 0.15) is 0 Å². The molecule has 7 heteroatoms. The fourth-order valence-electron chi connectivity index (χ4n) is 7.13. The maximum atomic E-state index is 5.02. The van der Waals surface area contributed by atoms with Gasteiger partial charge in [0.15, 0.2) is 11.6 Å². The van der Waals surface area contributed by atoms with Gasteiger partial charge in [-0.25, -0.2) is 9.67 Å². The van der Waals surface area contributed by atoms with E-state index in [-0.39, 0.29) is 0 Å². The van der Waals surface area contributed by atoms with E-state index in [1.165, 1.54) is 27.2 Å². The summed E-state index contributed by atoms with van der Waals surface area (Å²) in [6.45, 7) is 0. The number of rotatable bonds is 5. The zero-order valence-corrected chi connectivity index (χ0v) is 26.2. The van der Waals surface area contributed by atoms with E-state index < -0.39 is 0 Å². The number of pyridine rings is 2. The molecule has 0 radical (unpaired) electrons. The van der Waals surface area contributed by atoms with E-state index in [4.69, 9.17) is 10.1 Å². The zero-order chi connectivity index (χ0) is 32.3. The van der Waals surface area contributed by atoms with Gasteiger partial charge in [0.25, 0.3) is 0 Å². The second-order valence-corrected chi connectivity index (χ2v) is 12.1. The summed E-state index contributed by atoms with van der Waals surface area (Å²) in [5.74, 6) is 1.31. The van der Waals surface area contributed by atoms with Crippen LogP contribution >= 0.6 is 0 Å². The van der Waals surface area contributed by atoms with Crippen molar-refractivity contribution in [2.24, 2.45) is 0 Å². The van der Waals surface area contributed by atoms with E-state index in [9.17, 15) is 0 Å². The van der Waals surface area contributed by atoms with Crippen LogP contribution in [0.4, 0.5) is 0 Å². The van der Waals surface area contributed by atoms with Gasteiger partial charge in [-0.2, -0.15) is 0 Å². The van der Waals surface area contributed by atoms with Crippen LogP contribution in [-0.2, 0) is 0 Å². The van der Waals surface area contributed by atoms with Crippen LogP contribution in [0.2, 0.25) is 0 Å². The summed E-state index contributed by atoms with van der Waals surface area (Å²) < 4.78 is 6.63. The lowest BCUT2D eigenvalue weighted by Crippen LogP contribution is -2.01. The standard InChI is InChI=1S/C42H27N7/c1-4-17-37-33(14-1)34-15-2-5-18-38(34)47(37)30-12-7-13-31(24-30)48-39-19-6-3-16-35(39)36-21-20-32(25-40(36)48)49-42(29-11-9-23-44-27-29)45-41(46-49)28-10-8-22-43-26-28/h1-27H. The molecule has 0 saturated carbocycles. The molecule has 0 bridgehead atoms. The highest BCUT2D eigenvalue weighted by Gasteiger charge is 2.19. The Morgan fingerprint density at radius 3 is 1.55 bits per heavy atom. The molecule has 0 aliphatic heterocycles. The zero-order valence-electron chi connectivity index (χ0n) is 26.2. The summed E-state index contributed by atoms with van der Waals surface area (Å²) >= 11 is 0. The lowest BCUT2D eigenvalue weighted by atomic mass is 10.1. The molecule has 0 spiro atoms. The van der Waals surface area contributed by atoms with Gasteiger partial charge in [0.2, 0.25) is 0 Å². The van der Waals surface area contributed by atoms with Crippen LogP contribution in [0.15, 0.2) is 164 Å². The molecular weight excluding hydrogens is 603 g/mol. The number of para-hydroxylation sites is 3. The van der Waals surface area contributed by atoms with Gasteiger partial charge < -0.3 is 9.13 Å². The lowest BCUT2D eigenvalue weighted by molar-refractivity contribution is 0.890. The molecule has 0 unspecified atom stereocenters. The Balaban J connectivity index is 1.20. The van der Waals surface area contributed by atoms with Gasteiger partial charge in [0.1, 0.15) is 0 Å². The summed E-state index contributed by atoms with van der Waals surface area (Å²) in [5.41, 5.74) is 9.39. The third-order valence-corrected chi connectivity index (χ3v) is 9.27. The van der Waals surface area contributed by atoms with Crippen molar-refractivity contribution >= 4 is 43.6 Å². The molecule has 10 aromatic rings. The van der Waals surface area contributed by atoms with E-state index in [0.717, 1.165) is 44.6 Å². The average Bonchev–Trinajstić information content (AvgIpc) is 3.86. The highest BCUT2D eigenvalue weighted by atomic mass is 15.4. The first-order valence-corrected chi connectivity index (χ1v) is 16.2. The third kappa shape index (κ3) is 4.29. The minimum absolute atomic E-state index is 0.603. The first-order chi connectivity index (χ1) is 24.3. The van der Waals surface area contributed by atoms with E-state index in [1.807, 2.05) is 35.1 Å². The Morgan fingerprint density at radius 1 is 0.408 bits per heavy atom. The van der Waals surface area contributed by atoms with Gasteiger partial charge in [-0.15, -0.1) is 5.10 Å². The molecular formula is C42H27N7. The summed E-state index contributed by atoms with van der Waals surface area (Å²) in [4.78, 5) is 13.7. The molecule has 0 amide bonds. The largest absolute Gasteiger partial charge is 0.309 e. The van der Waals surface area contributed by atoms with Crippen molar-refractivity contribution in [1.29, 1.82) is 0 Å². The quantitative estimate of drug-likeness (QED) is 0.190. The van der Waals surface area contributed by atoms with Crippen molar-refractivity contribution in [2.45, 2.75) is 0 Å². The highest BCUT2D eigenvalue weighted by Crippen LogP contribution is 2.36. The number of fused-ring (bicyclic) bond motifs is 6. The summed E-state index contributed by atoms with van der Waals surface area (Å²) in [6, 6.07) is 49.0. The molecule has 5 aromatic heterocycles. The first kappa shape index (κ1) is 27.3. The minimum Gasteiger partial charge on any atom is -0.309 e. The van der Waals surface area contributed by atoms with Gasteiger partial charge in [0.05, 0.1) is 27.8 Å². The van der Waals surface area contributed by atoms with Crippen molar-refractivity contribution in [3.05, 3.63) is 164 Å². The molecule has 0 N–H and O–H groups in total. The Kier molecular flexibility index (Phi) is 6.04. The van der Waals surface area contributed by atoms with Gasteiger partial charge in [-0.05, 0) is 72.8 Å². The average molecular weight is 630 g/mol. The smallest absolute Gasteiger partial charge is 0.183 e. The van der Waals surface area contributed by atoms with Crippen LogP contribution in [0.3, 0.4) is 0 Å². The van der Waals surface area contributed by atoms with Crippen molar-refractivity contribution in [3.63, 3.8) is 0 Å². The fourth-order valence-corrected chi connectivity index (χ4v) is 7.13. The lowest BCUT2D eigenvalue weighted by Gasteiger charge is -2.13. The van der Waals surface area contributed by atoms with Crippen LogP contribution < -0.4 is 0 Å². The molecule has 7 nitrogen and oxygen atoms in total. The number of nitrogens with zero attached hydrogens (tertiary/aromatic N) is 7. The SMILES string of the molecule is c1cncc(-c2nc(-c3cccnc3)n(-c3ccc4c5ccccc5n(-c5cccc(-n6c7ccccc7c7ccccc76)c5)c4c3)n2)c1.